The first-order chi connectivity index (χ1) is 14.7. The molecule has 0 atom stereocenters. The largest absolute Gasteiger partial charge is 0.299 e. The summed E-state index contributed by atoms with van der Waals surface area (Å²) in [6.45, 7) is 7.04. The minimum absolute atomic E-state index is 0.567. The van der Waals surface area contributed by atoms with Gasteiger partial charge in [-0.25, -0.2) is 4.39 Å². The van der Waals surface area contributed by atoms with Crippen LogP contribution in [0.5, 0.6) is 0 Å². The van der Waals surface area contributed by atoms with E-state index in [1.807, 2.05) is 0 Å². The van der Waals surface area contributed by atoms with Crippen LogP contribution in [0.1, 0.15) is 75.0 Å². The summed E-state index contributed by atoms with van der Waals surface area (Å²) in [5.74, 6) is 0.567. The van der Waals surface area contributed by atoms with E-state index in [1.165, 1.54) is 36.5 Å². The predicted octanol–water partition coefficient (Wildman–Crippen LogP) is 7.06. The van der Waals surface area contributed by atoms with Gasteiger partial charge in [-0.1, -0.05) is 61.5 Å². The Morgan fingerprint density at radius 2 is 1.57 bits per heavy atom. The van der Waals surface area contributed by atoms with Crippen LogP contribution in [0, 0.1) is 11.3 Å². The average Bonchev–Trinajstić information content (AvgIpc) is 2.76. The first kappa shape index (κ1) is 24.1. The van der Waals surface area contributed by atoms with Gasteiger partial charge in [0.2, 0.25) is 0 Å². The molecule has 30 heavy (non-hydrogen) atoms. The summed E-state index contributed by atoms with van der Waals surface area (Å²) in [6, 6.07) is 21.7. The van der Waals surface area contributed by atoms with Gasteiger partial charge in [0.05, 0.1) is 6.07 Å². The zero-order valence-electron chi connectivity index (χ0n) is 18.7. The fourth-order valence-corrected chi connectivity index (χ4v) is 4.28. The maximum atomic E-state index is 13.3. The molecule has 0 spiro atoms. The molecule has 162 valence electrons. The molecule has 0 radical (unpaired) electrons. The molecule has 0 amide bonds. The number of aryl methyl sites for hydroxylation is 1. The molecule has 0 saturated heterocycles. The van der Waals surface area contributed by atoms with Crippen molar-refractivity contribution < 1.29 is 4.39 Å². The molecule has 0 heterocycles. The molecule has 0 aromatic heterocycles. The SMILES string of the molecule is CC#N.CCCN(CCCc1ccc(C2CCC(F)CC2)cc1)Cc1ccccc1. The molecule has 3 heteroatoms. The van der Waals surface area contributed by atoms with E-state index in [0.717, 1.165) is 51.7 Å². The van der Waals surface area contributed by atoms with E-state index in [2.05, 4.69) is 66.4 Å². The van der Waals surface area contributed by atoms with E-state index in [0.29, 0.717) is 5.92 Å². The maximum Gasteiger partial charge on any atom is 0.100 e. The molecule has 2 aromatic carbocycles. The van der Waals surface area contributed by atoms with Gasteiger partial charge in [-0.3, -0.25) is 4.90 Å². The molecule has 1 aliphatic carbocycles. The number of rotatable bonds is 9. The number of nitrogens with zero attached hydrogens (tertiary/aromatic N) is 2. The summed E-state index contributed by atoms with van der Waals surface area (Å²) in [4.78, 5) is 2.57. The van der Waals surface area contributed by atoms with Crippen molar-refractivity contribution in [3.63, 3.8) is 0 Å². The molecule has 3 rings (SSSR count). The van der Waals surface area contributed by atoms with Gasteiger partial charge in [0.25, 0.3) is 0 Å². The number of hydrogen-bond donors (Lipinski definition) is 0. The van der Waals surface area contributed by atoms with E-state index < -0.39 is 6.17 Å². The van der Waals surface area contributed by atoms with Crippen LogP contribution in [0.3, 0.4) is 0 Å². The highest BCUT2D eigenvalue weighted by Crippen LogP contribution is 2.34. The Morgan fingerprint density at radius 1 is 0.933 bits per heavy atom. The number of benzene rings is 2. The quantitative estimate of drug-likeness (QED) is 0.444. The second-order valence-corrected chi connectivity index (χ2v) is 8.28. The van der Waals surface area contributed by atoms with Gasteiger partial charge in [0.15, 0.2) is 0 Å². The van der Waals surface area contributed by atoms with Crippen LogP contribution in [-0.4, -0.2) is 24.2 Å². The smallest absolute Gasteiger partial charge is 0.100 e. The summed E-state index contributed by atoms with van der Waals surface area (Å²) in [7, 11) is 0. The van der Waals surface area contributed by atoms with E-state index in [4.69, 9.17) is 5.26 Å². The Kier molecular flexibility index (Phi) is 11.2. The van der Waals surface area contributed by atoms with Crippen LogP contribution < -0.4 is 0 Å². The van der Waals surface area contributed by atoms with Crippen molar-refractivity contribution in [2.45, 2.75) is 77.4 Å². The van der Waals surface area contributed by atoms with Crippen molar-refractivity contribution in [2.24, 2.45) is 0 Å². The Labute approximate surface area is 182 Å². The van der Waals surface area contributed by atoms with Crippen molar-refractivity contribution >= 4 is 0 Å². The normalized spacial score (nSPS) is 18.4. The first-order valence-electron chi connectivity index (χ1n) is 11.5. The molecule has 0 bridgehead atoms. The Balaban J connectivity index is 0.00000101. The van der Waals surface area contributed by atoms with Gasteiger partial charge in [-0.05, 0) is 80.6 Å². The summed E-state index contributed by atoms with van der Waals surface area (Å²) >= 11 is 0. The molecule has 0 unspecified atom stereocenters. The fraction of sp³-hybridized carbons (Fsp3) is 0.519. The average molecular weight is 409 g/mol. The maximum absolute atomic E-state index is 13.3. The lowest BCUT2D eigenvalue weighted by Gasteiger charge is -2.24. The standard InChI is InChI=1S/C25H34FN.C2H3N/c1-2-18-27(20-22-7-4-3-5-8-22)19-6-9-21-10-12-23(13-11-21)24-14-16-25(26)17-15-24;1-2-3/h3-5,7-8,10-13,24-25H,2,6,9,14-20H2,1H3;1H3. The zero-order chi connectivity index (χ0) is 21.6. The Bertz CT molecular complexity index is 728. The highest BCUT2D eigenvalue weighted by Gasteiger charge is 2.21. The van der Waals surface area contributed by atoms with Gasteiger partial charge in [0.1, 0.15) is 6.17 Å². The van der Waals surface area contributed by atoms with Crippen molar-refractivity contribution in [1.29, 1.82) is 5.26 Å². The topological polar surface area (TPSA) is 27.0 Å². The van der Waals surface area contributed by atoms with Gasteiger partial charge in [0, 0.05) is 13.5 Å². The summed E-state index contributed by atoms with van der Waals surface area (Å²) in [6.07, 6.45) is 6.44. The molecular weight excluding hydrogens is 371 g/mol. The van der Waals surface area contributed by atoms with Crippen LogP contribution in [0.15, 0.2) is 54.6 Å². The lowest BCUT2D eigenvalue weighted by Crippen LogP contribution is -2.25. The molecule has 1 aliphatic rings. The number of halogens is 1. The minimum atomic E-state index is -0.567. The highest BCUT2D eigenvalue weighted by atomic mass is 19.1. The molecule has 1 saturated carbocycles. The second-order valence-electron chi connectivity index (χ2n) is 8.28. The molecule has 2 nitrogen and oxygen atoms in total. The number of alkyl halides is 1. The van der Waals surface area contributed by atoms with Gasteiger partial charge >= 0.3 is 0 Å². The minimum Gasteiger partial charge on any atom is -0.299 e. The van der Waals surface area contributed by atoms with Crippen LogP contribution in [-0.2, 0) is 13.0 Å². The lowest BCUT2D eigenvalue weighted by molar-refractivity contribution is 0.235. The van der Waals surface area contributed by atoms with Gasteiger partial charge in [-0.2, -0.15) is 5.26 Å². The summed E-state index contributed by atoms with van der Waals surface area (Å²) in [5, 5.41) is 7.32. The molecule has 0 N–H and O–H groups in total. The lowest BCUT2D eigenvalue weighted by atomic mass is 9.83. The molecule has 2 aromatic rings. The third-order valence-electron chi connectivity index (χ3n) is 5.84. The van der Waals surface area contributed by atoms with Crippen LogP contribution >= 0.6 is 0 Å². The third kappa shape index (κ3) is 8.67. The van der Waals surface area contributed by atoms with Crippen molar-refractivity contribution in [3.05, 3.63) is 71.3 Å². The molecule has 1 fully saturated rings. The predicted molar refractivity (Wildman–Crippen MR) is 124 cm³/mol. The zero-order valence-corrected chi connectivity index (χ0v) is 18.7. The second kappa shape index (κ2) is 13.9. The highest BCUT2D eigenvalue weighted by molar-refractivity contribution is 5.26. The van der Waals surface area contributed by atoms with Crippen molar-refractivity contribution in [2.75, 3.05) is 13.1 Å². The Hall–Kier alpha value is -2.18. The van der Waals surface area contributed by atoms with Crippen LogP contribution in [0.2, 0.25) is 0 Å². The van der Waals surface area contributed by atoms with Crippen molar-refractivity contribution in [3.8, 4) is 6.07 Å². The van der Waals surface area contributed by atoms with E-state index in [1.54, 1.807) is 6.07 Å². The van der Waals surface area contributed by atoms with E-state index in [-0.39, 0.29) is 0 Å². The Morgan fingerprint density at radius 3 is 2.17 bits per heavy atom. The van der Waals surface area contributed by atoms with Crippen LogP contribution in [0.4, 0.5) is 4.39 Å². The third-order valence-corrected chi connectivity index (χ3v) is 5.84. The number of nitriles is 1. The first-order valence-corrected chi connectivity index (χ1v) is 11.5. The summed E-state index contributed by atoms with van der Waals surface area (Å²) in [5.41, 5.74) is 4.23. The van der Waals surface area contributed by atoms with Crippen molar-refractivity contribution in [1.82, 2.24) is 4.90 Å². The molecule has 0 aliphatic heterocycles. The van der Waals surface area contributed by atoms with Crippen LogP contribution in [0.25, 0.3) is 0 Å². The molecular formula is C27H37FN2. The summed E-state index contributed by atoms with van der Waals surface area (Å²) < 4.78 is 13.3. The van der Waals surface area contributed by atoms with Gasteiger partial charge < -0.3 is 0 Å². The monoisotopic (exact) mass is 408 g/mol. The van der Waals surface area contributed by atoms with Gasteiger partial charge in [-0.15, -0.1) is 0 Å². The number of hydrogen-bond acceptors (Lipinski definition) is 2. The van der Waals surface area contributed by atoms with E-state index in [9.17, 15) is 4.39 Å². The fourth-order valence-electron chi connectivity index (χ4n) is 4.28. The van der Waals surface area contributed by atoms with E-state index >= 15 is 0 Å².